The summed E-state index contributed by atoms with van der Waals surface area (Å²) >= 11 is 0. The Morgan fingerprint density at radius 3 is 1.39 bits per heavy atom. The number of hydrogen-bond acceptors (Lipinski definition) is 2. The first-order chi connectivity index (χ1) is 16.2. The monoisotopic (exact) mass is 428 g/mol. The number of benzene rings is 5. The third-order valence-corrected chi connectivity index (χ3v) is 5.33. The Labute approximate surface area is 196 Å². The quantitative estimate of drug-likeness (QED) is 0.291. The van der Waals surface area contributed by atoms with Crippen LogP contribution in [0.2, 0.25) is 0 Å². The van der Waals surface area contributed by atoms with Gasteiger partial charge >= 0.3 is 0 Å². The van der Waals surface area contributed by atoms with E-state index in [1.165, 1.54) is 28.2 Å². The van der Waals surface area contributed by atoms with E-state index in [0.717, 1.165) is 11.3 Å². The molecule has 2 heteroatoms. The second kappa shape index (κ2) is 10.8. The highest BCUT2D eigenvalue weighted by Crippen LogP contribution is 2.33. The zero-order chi connectivity index (χ0) is 22.9. The van der Waals surface area contributed by atoms with Gasteiger partial charge in [0.1, 0.15) is 0 Å². The lowest BCUT2D eigenvalue weighted by Gasteiger charge is -2.25. The highest BCUT2D eigenvalue weighted by atomic mass is 15.1. The van der Waals surface area contributed by atoms with Gasteiger partial charge < -0.3 is 10.6 Å². The first-order valence-electron chi connectivity index (χ1n) is 11.1. The van der Waals surface area contributed by atoms with Gasteiger partial charge in [-0.1, -0.05) is 103 Å². The summed E-state index contributed by atoms with van der Waals surface area (Å²) in [6.45, 7) is 2.09. The molecule has 33 heavy (non-hydrogen) atoms. The average Bonchev–Trinajstić information content (AvgIpc) is 2.87. The molecule has 5 aromatic carbocycles. The van der Waals surface area contributed by atoms with Crippen LogP contribution in [0.3, 0.4) is 0 Å². The van der Waals surface area contributed by atoms with Crippen molar-refractivity contribution in [1.82, 2.24) is 0 Å². The van der Waals surface area contributed by atoms with E-state index >= 15 is 0 Å². The summed E-state index contributed by atoms with van der Waals surface area (Å²) in [7, 11) is 0. The van der Waals surface area contributed by atoms with Crippen LogP contribution in [0.1, 0.15) is 5.56 Å². The molecule has 0 unspecified atom stereocenters. The van der Waals surface area contributed by atoms with Crippen molar-refractivity contribution in [3.05, 3.63) is 145 Å². The van der Waals surface area contributed by atoms with Crippen molar-refractivity contribution in [3.8, 4) is 11.1 Å². The smallest absolute Gasteiger partial charge is 0.0461 e. The van der Waals surface area contributed by atoms with Crippen molar-refractivity contribution in [2.45, 2.75) is 6.92 Å². The van der Waals surface area contributed by atoms with Crippen molar-refractivity contribution in [3.63, 3.8) is 0 Å². The van der Waals surface area contributed by atoms with Gasteiger partial charge in [0.2, 0.25) is 0 Å². The molecule has 0 aliphatic carbocycles. The second-order valence-corrected chi connectivity index (χ2v) is 7.80. The fraction of sp³-hybridized carbons (Fsp3) is 0.0323. The van der Waals surface area contributed by atoms with Gasteiger partial charge in [-0.25, -0.2) is 0 Å². The van der Waals surface area contributed by atoms with E-state index in [9.17, 15) is 0 Å². The molecule has 0 fully saturated rings. The maximum Gasteiger partial charge on any atom is 0.0461 e. The number of anilines is 4. The van der Waals surface area contributed by atoms with Crippen LogP contribution in [-0.4, -0.2) is 0 Å². The fourth-order valence-electron chi connectivity index (χ4n) is 3.75. The molecule has 0 atom stereocenters. The van der Waals surface area contributed by atoms with Crippen molar-refractivity contribution < 1.29 is 0 Å². The van der Waals surface area contributed by atoms with Crippen molar-refractivity contribution >= 4 is 22.7 Å². The molecule has 5 aromatic rings. The van der Waals surface area contributed by atoms with E-state index in [0.29, 0.717) is 0 Å². The van der Waals surface area contributed by atoms with Gasteiger partial charge in [0.15, 0.2) is 0 Å². The van der Waals surface area contributed by atoms with Gasteiger partial charge in [0, 0.05) is 28.3 Å². The molecule has 0 aromatic heterocycles. The molecule has 0 bridgehead atoms. The molecule has 2 nitrogen and oxygen atoms in total. The van der Waals surface area contributed by atoms with Crippen molar-refractivity contribution in [2.75, 3.05) is 10.6 Å². The minimum absolute atomic E-state index is 0.832. The topological polar surface area (TPSA) is 29.3 Å². The van der Waals surface area contributed by atoms with Crippen LogP contribution in [0.4, 0.5) is 22.7 Å². The minimum atomic E-state index is 0.832. The molecule has 162 valence electrons. The average molecular weight is 429 g/mol. The van der Waals surface area contributed by atoms with Crippen molar-refractivity contribution in [1.29, 1.82) is 0 Å². The lowest BCUT2D eigenvalue weighted by atomic mass is 10.0. The third-order valence-electron chi connectivity index (χ3n) is 5.33. The Balaban J connectivity index is 0.000000165. The molecule has 0 heterocycles. The minimum Gasteiger partial charge on any atom is -0.398 e. The summed E-state index contributed by atoms with van der Waals surface area (Å²) in [5.41, 5.74) is 13.8. The van der Waals surface area contributed by atoms with Crippen LogP contribution in [0.25, 0.3) is 11.1 Å². The molecule has 0 spiro atoms. The van der Waals surface area contributed by atoms with Gasteiger partial charge in [-0.05, 0) is 55.0 Å². The van der Waals surface area contributed by atoms with Gasteiger partial charge in [0.25, 0.3) is 0 Å². The summed E-state index contributed by atoms with van der Waals surface area (Å²) in [5.74, 6) is 0. The van der Waals surface area contributed by atoms with Crippen LogP contribution in [0.15, 0.2) is 140 Å². The highest BCUT2D eigenvalue weighted by Gasteiger charge is 2.10. The van der Waals surface area contributed by atoms with Crippen LogP contribution in [0, 0.1) is 6.92 Å². The largest absolute Gasteiger partial charge is 0.398 e. The SMILES string of the molecule is Cc1cccc(-c2ccccc2N)c1.c1ccc(N(c2ccccc2)c2ccccc2)cc1. The number of nitrogen functional groups attached to an aromatic ring is 1. The predicted octanol–water partition coefficient (Wildman–Crippen LogP) is 8.40. The van der Waals surface area contributed by atoms with Crippen molar-refractivity contribution in [2.24, 2.45) is 0 Å². The van der Waals surface area contributed by atoms with Gasteiger partial charge in [0.05, 0.1) is 0 Å². The van der Waals surface area contributed by atoms with E-state index in [2.05, 4.69) is 109 Å². The Bertz CT molecular complexity index is 1170. The summed E-state index contributed by atoms with van der Waals surface area (Å²) in [5, 5.41) is 0. The molecular weight excluding hydrogens is 400 g/mol. The molecule has 2 N–H and O–H groups in total. The van der Waals surface area contributed by atoms with Crippen LogP contribution in [0.5, 0.6) is 0 Å². The van der Waals surface area contributed by atoms with Gasteiger partial charge in [-0.15, -0.1) is 0 Å². The number of nitrogens with zero attached hydrogens (tertiary/aromatic N) is 1. The number of nitrogens with two attached hydrogens (primary N) is 1. The Kier molecular flexibility index (Phi) is 7.19. The molecule has 0 aliphatic heterocycles. The van der Waals surface area contributed by atoms with E-state index < -0.39 is 0 Å². The van der Waals surface area contributed by atoms with E-state index in [4.69, 9.17) is 5.73 Å². The molecule has 5 rings (SSSR count). The van der Waals surface area contributed by atoms with Crippen LogP contribution >= 0.6 is 0 Å². The van der Waals surface area contributed by atoms with Crippen LogP contribution in [-0.2, 0) is 0 Å². The summed E-state index contributed by atoms with van der Waals surface area (Å²) in [6.07, 6.45) is 0. The first-order valence-corrected chi connectivity index (χ1v) is 11.1. The zero-order valence-electron chi connectivity index (χ0n) is 18.8. The molecule has 0 aliphatic rings. The van der Waals surface area contributed by atoms with E-state index in [-0.39, 0.29) is 0 Å². The lowest BCUT2D eigenvalue weighted by Crippen LogP contribution is -2.09. The Morgan fingerprint density at radius 2 is 0.939 bits per heavy atom. The molecule has 0 saturated carbocycles. The van der Waals surface area contributed by atoms with Gasteiger partial charge in [-0.2, -0.15) is 0 Å². The second-order valence-electron chi connectivity index (χ2n) is 7.80. The summed E-state index contributed by atoms with van der Waals surface area (Å²) < 4.78 is 0. The Hall–Kier alpha value is -4.30. The molecular formula is C31H28N2. The standard InChI is InChI=1S/C18H15N.C13H13N/c1-4-10-16(11-5-1)19(17-12-6-2-7-13-17)18-14-8-3-9-15-18;1-10-5-4-6-11(9-10)12-7-2-3-8-13(12)14/h1-15H;2-9H,14H2,1H3. The normalized spacial score (nSPS) is 10.1. The number of aryl methyl sites for hydroxylation is 1. The van der Waals surface area contributed by atoms with Gasteiger partial charge in [-0.3, -0.25) is 0 Å². The molecule has 0 saturated heterocycles. The number of para-hydroxylation sites is 4. The lowest BCUT2D eigenvalue weighted by molar-refractivity contribution is 1.28. The highest BCUT2D eigenvalue weighted by molar-refractivity contribution is 5.77. The molecule has 0 radical (unpaired) electrons. The Morgan fingerprint density at radius 1 is 0.485 bits per heavy atom. The summed E-state index contributed by atoms with van der Waals surface area (Å²) in [4.78, 5) is 2.25. The zero-order valence-corrected chi connectivity index (χ0v) is 18.8. The first kappa shape index (κ1) is 21.9. The third kappa shape index (κ3) is 5.69. The number of rotatable bonds is 4. The predicted molar refractivity (Wildman–Crippen MR) is 142 cm³/mol. The van der Waals surface area contributed by atoms with E-state index in [1.54, 1.807) is 0 Å². The maximum atomic E-state index is 5.90. The fourth-order valence-corrected chi connectivity index (χ4v) is 3.75. The van der Waals surface area contributed by atoms with E-state index in [1.807, 2.05) is 42.5 Å². The van der Waals surface area contributed by atoms with Crippen LogP contribution < -0.4 is 10.6 Å². The molecule has 0 amide bonds. The number of hydrogen-bond donors (Lipinski definition) is 1. The summed E-state index contributed by atoms with van der Waals surface area (Å²) in [6, 6.07) is 47.6. The maximum absolute atomic E-state index is 5.90.